The Morgan fingerprint density at radius 1 is 1.20 bits per heavy atom. The van der Waals surface area contributed by atoms with Gasteiger partial charge in [0.15, 0.2) is 0 Å². The van der Waals surface area contributed by atoms with Gasteiger partial charge in [0.2, 0.25) is 5.89 Å². The molecule has 1 aromatic heterocycles. The average Bonchev–Trinajstić information content (AvgIpc) is 2.97. The van der Waals surface area contributed by atoms with E-state index in [0.29, 0.717) is 16.5 Å². The highest BCUT2D eigenvalue weighted by atomic mass is 35.5. The summed E-state index contributed by atoms with van der Waals surface area (Å²) in [5, 5.41) is 8.35. The third-order valence-electron chi connectivity index (χ3n) is 3.32. The Kier molecular flexibility index (Phi) is 3.69. The number of amides is 1. The summed E-state index contributed by atoms with van der Waals surface area (Å²) >= 11 is 5.92. The Bertz CT molecular complexity index is 620. The number of nitrogens with zero attached hydrogens (tertiary/aromatic N) is 3. The first-order chi connectivity index (χ1) is 9.74. The van der Waals surface area contributed by atoms with Gasteiger partial charge in [0.1, 0.15) is 0 Å². The number of aromatic nitrogens is 2. The molecule has 2 heterocycles. The fourth-order valence-electron chi connectivity index (χ4n) is 2.28. The summed E-state index contributed by atoms with van der Waals surface area (Å²) in [6.07, 6.45) is 3.23. The number of carbonyl (C=O) groups is 1. The first-order valence-corrected chi connectivity index (χ1v) is 7.00. The fraction of sp³-hybridized carbons (Fsp3) is 0.357. The molecule has 20 heavy (non-hydrogen) atoms. The predicted octanol–water partition coefficient (Wildman–Crippen LogP) is 3.02. The van der Waals surface area contributed by atoms with Gasteiger partial charge < -0.3 is 9.32 Å². The van der Waals surface area contributed by atoms with Gasteiger partial charge in [-0.05, 0) is 37.5 Å². The van der Waals surface area contributed by atoms with Crippen molar-refractivity contribution in [2.24, 2.45) is 0 Å². The smallest absolute Gasteiger partial charge is 0.311 e. The maximum Gasteiger partial charge on any atom is 0.311 e. The van der Waals surface area contributed by atoms with Crippen molar-refractivity contribution in [3.63, 3.8) is 0 Å². The van der Waals surface area contributed by atoms with Crippen LogP contribution >= 0.6 is 11.6 Å². The molecule has 0 radical (unpaired) electrons. The van der Waals surface area contributed by atoms with E-state index in [1.165, 1.54) is 6.42 Å². The van der Waals surface area contributed by atoms with Crippen molar-refractivity contribution in [2.75, 3.05) is 13.1 Å². The van der Waals surface area contributed by atoms with E-state index < -0.39 is 0 Å². The van der Waals surface area contributed by atoms with Crippen LogP contribution < -0.4 is 0 Å². The van der Waals surface area contributed by atoms with Crippen LogP contribution in [-0.2, 0) is 0 Å². The van der Waals surface area contributed by atoms with Gasteiger partial charge in [0, 0.05) is 23.7 Å². The van der Waals surface area contributed by atoms with Gasteiger partial charge in [-0.25, -0.2) is 0 Å². The fourth-order valence-corrected chi connectivity index (χ4v) is 2.47. The van der Waals surface area contributed by atoms with Gasteiger partial charge in [0.25, 0.3) is 0 Å². The number of hydrogen-bond donors (Lipinski definition) is 0. The number of piperidine rings is 1. The molecular weight excluding hydrogens is 278 g/mol. The molecule has 6 heteroatoms. The van der Waals surface area contributed by atoms with Gasteiger partial charge in [-0.1, -0.05) is 17.7 Å². The molecule has 1 amide bonds. The summed E-state index contributed by atoms with van der Waals surface area (Å²) < 4.78 is 5.47. The summed E-state index contributed by atoms with van der Waals surface area (Å²) in [6.45, 7) is 1.52. The van der Waals surface area contributed by atoms with Gasteiger partial charge in [-0.3, -0.25) is 4.79 Å². The minimum atomic E-state index is -0.189. The van der Waals surface area contributed by atoms with E-state index in [2.05, 4.69) is 10.2 Å². The first kappa shape index (κ1) is 13.1. The van der Waals surface area contributed by atoms with Gasteiger partial charge in [-0.15, -0.1) is 10.2 Å². The van der Waals surface area contributed by atoms with Gasteiger partial charge >= 0.3 is 11.8 Å². The Hall–Kier alpha value is -1.88. The number of rotatable bonds is 2. The second kappa shape index (κ2) is 5.63. The molecule has 0 bridgehead atoms. The predicted molar refractivity (Wildman–Crippen MR) is 74.5 cm³/mol. The van der Waals surface area contributed by atoms with Crippen LogP contribution in [0.25, 0.3) is 11.5 Å². The molecule has 0 atom stereocenters. The Labute approximate surface area is 121 Å². The third-order valence-corrected chi connectivity index (χ3v) is 3.56. The molecular formula is C14H14ClN3O2. The van der Waals surface area contributed by atoms with Crippen LogP contribution in [0.5, 0.6) is 0 Å². The lowest BCUT2D eigenvalue weighted by molar-refractivity contribution is 0.0684. The Morgan fingerprint density at radius 3 is 2.75 bits per heavy atom. The molecule has 0 saturated carbocycles. The zero-order chi connectivity index (χ0) is 13.9. The highest BCUT2D eigenvalue weighted by molar-refractivity contribution is 6.30. The topological polar surface area (TPSA) is 59.2 Å². The molecule has 1 aliphatic heterocycles. The third kappa shape index (κ3) is 2.67. The maximum atomic E-state index is 12.2. The number of benzene rings is 1. The van der Waals surface area contributed by atoms with Crippen LogP contribution in [0.2, 0.25) is 5.02 Å². The van der Waals surface area contributed by atoms with Crippen LogP contribution in [0, 0.1) is 0 Å². The highest BCUT2D eigenvalue weighted by Gasteiger charge is 2.23. The average molecular weight is 292 g/mol. The molecule has 1 aromatic carbocycles. The molecule has 5 nitrogen and oxygen atoms in total. The molecule has 0 spiro atoms. The van der Waals surface area contributed by atoms with Crippen molar-refractivity contribution in [3.8, 4) is 11.5 Å². The van der Waals surface area contributed by atoms with Crippen LogP contribution in [0.1, 0.15) is 29.9 Å². The summed E-state index contributed by atoms with van der Waals surface area (Å²) in [5.74, 6) is 0.167. The van der Waals surface area contributed by atoms with E-state index in [0.717, 1.165) is 25.9 Å². The summed E-state index contributed by atoms with van der Waals surface area (Å²) in [4.78, 5) is 14.0. The van der Waals surface area contributed by atoms with E-state index in [4.69, 9.17) is 16.0 Å². The van der Waals surface area contributed by atoms with E-state index in [9.17, 15) is 4.79 Å². The molecule has 0 unspecified atom stereocenters. The first-order valence-electron chi connectivity index (χ1n) is 6.63. The molecule has 1 saturated heterocycles. The second-order valence-electron chi connectivity index (χ2n) is 4.78. The Balaban J connectivity index is 1.81. The summed E-state index contributed by atoms with van der Waals surface area (Å²) in [7, 11) is 0. The zero-order valence-corrected chi connectivity index (χ0v) is 11.6. The normalized spacial score (nSPS) is 15.3. The molecule has 3 rings (SSSR count). The lowest BCUT2D eigenvalue weighted by Crippen LogP contribution is -2.35. The molecule has 1 fully saturated rings. The van der Waals surface area contributed by atoms with E-state index in [1.54, 1.807) is 23.1 Å². The highest BCUT2D eigenvalue weighted by Crippen LogP contribution is 2.22. The number of halogens is 1. The Morgan fingerprint density at radius 2 is 2.00 bits per heavy atom. The second-order valence-corrected chi connectivity index (χ2v) is 5.21. The van der Waals surface area contributed by atoms with Crippen molar-refractivity contribution in [1.82, 2.24) is 15.1 Å². The number of hydrogen-bond acceptors (Lipinski definition) is 4. The van der Waals surface area contributed by atoms with Crippen LogP contribution in [0.15, 0.2) is 28.7 Å². The summed E-state index contributed by atoms with van der Waals surface area (Å²) in [5.41, 5.74) is 0.711. The minimum absolute atomic E-state index is 0.0434. The van der Waals surface area contributed by atoms with Gasteiger partial charge in [-0.2, -0.15) is 0 Å². The van der Waals surface area contributed by atoms with E-state index >= 15 is 0 Å². The van der Waals surface area contributed by atoms with Crippen molar-refractivity contribution in [3.05, 3.63) is 35.2 Å². The largest absolute Gasteiger partial charge is 0.412 e. The van der Waals surface area contributed by atoms with Crippen molar-refractivity contribution < 1.29 is 9.21 Å². The molecule has 0 N–H and O–H groups in total. The van der Waals surface area contributed by atoms with E-state index in [1.807, 2.05) is 6.07 Å². The van der Waals surface area contributed by atoms with E-state index in [-0.39, 0.29) is 11.8 Å². The zero-order valence-electron chi connectivity index (χ0n) is 10.9. The molecule has 104 valence electrons. The SMILES string of the molecule is O=C(c1nnc(-c2cccc(Cl)c2)o1)N1CCCCC1. The molecule has 1 aliphatic rings. The van der Waals surface area contributed by atoms with Crippen LogP contribution in [0.3, 0.4) is 0 Å². The van der Waals surface area contributed by atoms with Crippen molar-refractivity contribution in [2.45, 2.75) is 19.3 Å². The molecule has 2 aromatic rings. The maximum absolute atomic E-state index is 12.2. The monoisotopic (exact) mass is 291 g/mol. The van der Waals surface area contributed by atoms with Crippen LogP contribution in [0.4, 0.5) is 0 Å². The lowest BCUT2D eigenvalue weighted by atomic mass is 10.1. The molecule has 0 aliphatic carbocycles. The van der Waals surface area contributed by atoms with Crippen molar-refractivity contribution >= 4 is 17.5 Å². The van der Waals surface area contributed by atoms with Crippen molar-refractivity contribution in [1.29, 1.82) is 0 Å². The quantitative estimate of drug-likeness (QED) is 0.853. The minimum Gasteiger partial charge on any atom is -0.412 e. The standard InChI is InChI=1S/C14H14ClN3O2/c15-11-6-4-5-10(9-11)12-16-17-13(20-12)14(19)18-7-2-1-3-8-18/h4-6,9H,1-3,7-8H2. The van der Waals surface area contributed by atoms with Gasteiger partial charge in [0.05, 0.1) is 0 Å². The van der Waals surface area contributed by atoms with Crippen LogP contribution in [-0.4, -0.2) is 34.1 Å². The lowest BCUT2D eigenvalue weighted by Gasteiger charge is -2.24. The summed E-state index contributed by atoms with van der Waals surface area (Å²) in [6, 6.07) is 7.11. The number of carbonyl (C=O) groups excluding carboxylic acids is 1. The number of likely N-dealkylation sites (tertiary alicyclic amines) is 1.